The lowest BCUT2D eigenvalue weighted by Gasteiger charge is -2.40. The number of nitro benzene ring substituents is 1. The van der Waals surface area contributed by atoms with Crippen molar-refractivity contribution in [2.45, 2.75) is 32.6 Å². The van der Waals surface area contributed by atoms with Crippen molar-refractivity contribution in [3.63, 3.8) is 0 Å². The Morgan fingerprint density at radius 2 is 1.73 bits per heavy atom. The fraction of sp³-hybridized carbons (Fsp3) is 0.240. The summed E-state index contributed by atoms with van der Waals surface area (Å²) in [4.78, 5) is 24.0. The minimum atomic E-state index is -0.396. The Kier molecular flexibility index (Phi) is 4.03. The molecule has 3 aromatic rings. The Morgan fingerprint density at radius 3 is 2.47 bits per heavy atom. The van der Waals surface area contributed by atoms with Gasteiger partial charge in [0.25, 0.3) is 5.69 Å². The van der Waals surface area contributed by atoms with E-state index in [1.54, 1.807) is 12.1 Å². The lowest BCUT2D eigenvalue weighted by molar-refractivity contribution is -0.384. The molecule has 0 aromatic heterocycles. The number of carbonyl (C=O) groups excluding carboxylic acids is 1. The molecule has 1 aliphatic carbocycles. The number of hydrogen-bond acceptors (Lipinski definition) is 4. The fourth-order valence-corrected chi connectivity index (χ4v) is 4.89. The van der Waals surface area contributed by atoms with Crippen molar-refractivity contribution in [2.24, 2.45) is 5.41 Å². The first-order valence-corrected chi connectivity index (χ1v) is 10.1. The number of ketones is 1. The summed E-state index contributed by atoms with van der Waals surface area (Å²) in [7, 11) is 0. The SMILES string of the molecule is CC1(C)CC(=O)C2=C(C1)Nc1c(ccc3ccccc13)C2c1ccc([N+](=O)[O-])cc1. The van der Waals surface area contributed by atoms with Gasteiger partial charge in [0.2, 0.25) is 0 Å². The minimum Gasteiger partial charge on any atom is -0.358 e. The molecule has 3 aromatic carbocycles. The number of nitrogens with one attached hydrogen (secondary N) is 1. The molecule has 1 unspecified atom stereocenters. The Balaban J connectivity index is 1.75. The van der Waals surface area contributed by atoms with E-state index in [0.29, 0.717) is 6.42 Å². The largest absolute Gasteiger partial charge is 0.358 e. The van der Waals surface area contributed by atoms with E-state index in [1.807, 2.05) is 12.1 Å². The zero-order chi connectivity index (χ0) is 21.0. The fourth-order valence-electron chi connectivity index (χ4n) is 4.89. The molecule has 2 aliphatic rings. The lowest BCUT2D eigenvalue weighted by Crippen LogP contribution is -2.33. The van der Waals surface area contributed by atoms with Gasteiger partial charge in [-0.15, -0.1) is 0 Å². The van der Waals surface area contributed by atoms with E-state index < -0.39 is 4.92 Å². The van der Waals surface area contributed by atoms with Gasteiger partial charge in [0, 0.05) is 41.1 Å². The summed E-state index contributed by atoms with van der Waals surface area (Å²) >= 11 is 0. The van der Waals surface area contributed by atoms with E-state index in [4.69, 9.17) is 0 Å². The smallest absolute Gasteiger partial charge is 0.269 e. The Labute approximate surface area is 174 Å². The summed E-state index contributed by atoms with van der Waals surface area (Å²) in [6, 6.07) is 19.0. The van der Waals surface area contributed by atoms with E-state index in [2.05, 4.69) is 43.4 Å². The number of anilines is 1. The van der Waals surface area contributed by atoms with Crippen molar-refractivity contribution >= 4 is 27.9 Å². The number of Topliss-reactive ketones (excluding diaryl/α,β-unsaturated/α-hetero) is 1. The van der Waals surface area contributed by atoms with Gasteiger partial charge in [-0.25, -0.2) is 0 Å². The second-order valence-corrected chi connectivity index (χ2v) is 8.99. The van der Waals surface area contributed by atoms with Gasteiger partial charge in [-0.1, -0.05) is 62.4 Å². The molecule has 30 heavy (non-hydrogen) atoms. The van der Waals surface area contributed by atoms with Crippen molar-refractivity contribution in [3.05, 3.63) is 93.2 Å². The van der Waals surface area contributed by atoms with Crippen molar-refractivity contribution in [1.82, 2.24) is 0 Å². The quantitative estimate of drug-likeness (QED) is 0.428. The highest BCUT2D eigenvalue weighted by molar-refractivity contribution is 6.05. The number of non-ortho nitro benzene ring substituents is 1. The van der Waals surface area contributed by atoms with E-state index in [0.717, 1.165) is 45.3 Å². The van der Waals surface area contributed by atoms with Gasteiger partial charge < -0.3 is 5.32 Å². The maximum Gasteiger partial charge on any atom is 0.269 e. The van der Waals surface area contributed by atoms with Gasteiger partial charge in [-0.3, -0.25) is 14.9 Å². The third-order valence-corrected chi connectivity index (χ3v) is 6.19. The molecule has 0 spiro atoms. The average Bonchev–Trinajstić information content (AvgIpc) is 2.71. The second kappa shape index (κ2) is 6.52. The molecule has 1 heterocycles. The summed E-state index contributed by atoms with van der Waals surface area (Å²) in [5.74, 6) is -0.0822. The summed E-state index contributed by atoms with van der Waals surface area (Å²) in [6.07, 6.45) is 1.29. The standard InChI is InChI=1S/C25H22N2O3/c1-25(2)13-20-23(21(28)14-25)22(16-7-10-17(11-8-16)27(29)30)19-12-9-15-5-3-4-6-18(15)24(19)26-20/h3-12,22,26H,13-14H2,1-2H3. The highest BCUT2D eigenvalue weighted by atomic mass is 16.6. The van der Waals surface area contributed by atoms with Crippen LogP contribution in [0.2, 0.25) is 0 Å². The van der Waals surface area contributed by atoms with Gasteiger partial charge in [-0.05, 0) is 28.3 Å². The van der Waals surface area contributed by atoms with Crippen LogP contribution in [0.15, 0.2) is 71.9 Å². The number of nitro groups is 1. The molecule has 0 fully saturated rings. The Morgan fingerprint density at radius 1 is 1.00 bits per heavy atom. The number of fused-ring (bicyclic) bond motifs is 3. The number of rotatable bonds is 2. The summed E-state index contributed by atoms with van der Waals surface area (Å²) in [5, 5.41) is 17.0. The highest BCUT2D eigenvalue weighted by Crippen LogP contribution is 2.50. The van der Waals surface area contributed by atoms with Crippen molar-refractivity contribution in [3.8, 4) is 0 Å². The van der Waals surface area contributed by atoms with Gasteiger partial charge in [-0.2, -0.15) is 0 Å². The topological polar surface area (TPSA) is 72.2 Å². The van der Waals surface area contributed by atoms with Crippen LogP contribution in [-0.2, 0) is 4.79 Å². The molecule has 0 radical (unpaired) electrons. The molecule has 150 valence electrons. The van der Waals surface area contributed by atoms with Crippen LogP contribution < -0.4 is 5.32 Å². The molecule has 5 rings (SSSR count). The maximum atomic E-state index is 13.3. The summed E-state index contributed by atoms with van der Waals surface area (Å²) in [6.45, 7) is 4.24. The van der Waals surface area contributed by atoms with Gasteiger partial charge in [0.15, 0.2) is 5.78 Å². The molecule has 0 saturated carbocycles. The lowest BCUT2D eigenvalue weighted by atomic mass is 9.68. The molecule has 5 heteroatoms. The minimum absolute atomic E-state index is 0.0525. The highest BCUT2D eigenvalue weighted by Gasteiger charge is 2.41. The van der Waals surface area contributed by atoms with Crippen LogP contribution in [0, 0.1) is 15.5 Å². The van der Waals surface area contributed by atoms with E-state index in [9.17, 15) is 14.9 Å². The first kappa shape index (κ1) is 18.6. The monoisotopic (exact) mass is 398 g/mol. The third kappa shape index (κ3) is 2.89. The summed E-state index contributed by atoms with van der Waals surface area (Å²) < 4.78 is 0. The molecule has 1 atom stereocenters. The first-order valence-electron chi connectivity index (χ1n) is 10.1. The van der Waals surface area contributed by atoms with E-state index >= 15 is 0 Å². The van der Waals surface area contributed by atoms with Crippen LogP contribution in [0.5, 0.6) is 0 Å². The summed E-state index contributed by atoms with van der Waals surface area (Å²) in [5.41, 5.74) is 4.69. The second-order valence-electron chi connectivity index (χ2n) is 8.99. The van der Waals surface area contributed by atoms with Crippen LogP contribution >= 0.6 is 0 Å². The Bertz CT molecular complexity index is 1240. The van der Waals surface area contributed by atoms with Crippen molar-refractivity contribution < 1.29 is 9.72 Å². The van der Waals surface area contributed by atoms with Crippen LogP contribution in [0.4, 0.5) is 11.4 Å². The average molecular weight is 398 g/mol. The predicted molar refractivity (Wildman–Crippen MR) is 118 cm³/mol. The molecule has 1 N–H and O–H groups in total. The van der Waals surface area contributed by atoms with Crippen molar-refractivity contribution in [2.75, 3.05) is 5.32 Å². The molecule has 1 aliphatic heterocycles. The van der Waals surface area contributed by atoms with Gasteiger partial charge in [0.05, 0.1) is 10.6 Å². The first-order chi connectivity index (χ1) is 14.3. The number of nitrogens with zero attached hydrogens (tertiary/aromatic N) is 1. The number of benzene rings is 3. The molecular weight excluding hydrogens is 376 g/mol. The van der Waals surface area contributed by atoms with E-state index in [-0.39, 0.29) is 22.8 Å². The zero-order valence-electron chi connectivity index (χ0n) is 16.9. The third-order valence-electron chi connectivity index (χ3n) is 6.19. The maximum absolute atomic E-state index is 13.3. The predicted octanol–water partition coefficient (Wildman–Crippen LogP) is 5.95. The van der Waals surface area contributed by atoms with E-state index in [1.165, 1.54) is 12.1 Å². The molecule has 5 nitrogen and oxygen atoms in total. The molecule has 0 saturated heterocycles. The molecule has 0 bridgehead atoms. The van der Waals surface area contributed by atoms with Gasteiger partial charge in [0.1, 0.15) is 0 Å². The number of hydrogen-bond donors (Lipinski definition) is 1. The normalized spacial score (nSPS) is 19.8. The van der Waals surface area contributed by atoms with Crippen molar-refractivity contribution in [1.29, 1.82) is 0 Å². The van der Waals surface area contributed by atoms with Crippen LogP contribution in [0.3, 0.4) is 0 Å². The number of allylic oxidation sites excluding steroid dienone is 2. The molecule has 0 amide bonds. The van der Waals surface area contributed by atoms with Crippen LogP contribution in [0.1, 0.15) is 43.7 Å². The van der Waals surface area contributed by atoms with Crippen LogP contribution in [-0.4, -0.2) is 10.7 Å². The molecular formula is C25H22N2O3. The van der Waals surface area contributed by atoms with Crippen LogP contribution in [0.25, 0.3) is 10.8 Å². The zero-order valence-corrected chi connectivity index (χ0v) is 16.9. The Hall–Kier alpha value is -3.47. The van der Waals surface area contributed by atoms with Gasteiger partial charge >= 0.3 is 0 Å². The number of carbonyl (C=O) groups is 1.